The smallest absolute Gasteiger partial charge is 0.0707 e. The van der Waals surface area contributed by atoms with Crippen molar-refractivity contribution < 1.29 is 4.74 Å². The van der Waals surface area contributed by atoms with Crippen LogP contribution in [-0.4, -0.2) is 42.8 Å². The van der Waals surface area contributed by atoms with Gasteiger partial charge in [-0.05, 0) is 39.2 Å². The van der Waals surface area contributed by atoms with Crippen LogP contribution < -0.4 is 5.73 Å². The van der Waals surface area contributed by atoms with Gasteiger partial charge in [-0.2, -0.15) is 0 Å². The molecule has 0 aromatic rings. The van der Waals surface area contributed by atoms with Crippen molar-refractivity contribution in [1.82, 2.24) is 4.90 Å². The first-order valence-corrected chi connectivity index (χ1v) is 6.37. The number of rotatable bonds is 5. The van der Waals surface area contributed by atoms with E-state index in [2.05, 4.69) is 11.8 Å². The Bertz CT molecular complexity index is 184. The number of fused-ring (bicyclic) bond motifs is 2. The molecule has 15 heavy (non-hydrogen) atoms. The van der Waals surface area contributed by atoms with E-state index in [4.69, 9.17) is 10.5 Å². The first kappa shape index (κ1) is 11.4. The molecule has 2 bridgehead atoms. The molecule has 0 aromatic carbocycles. The lowest BCUT2D eigenvalue weighted by molar-refractivity contribution is -0.0385. The maximum atomic E-state index is 5.81. The van der Waals surface area contributed by atoms with Crippen molar-refractivity contribution >= 4 is 0 Å². The molecule has 2 rings (SSSR count). The highest BCUT2D eigenvalue weighted by Crippen LogP contribution is 2.26. The molecule has 2 aliphatic heterocycles. The summed E-state index contributed by atoms with van der Waals surface area (Å²) in [4.78, 5) is 2.58. The van der Waals surface area contributed by atoms with E-state index in [9.17, 15) is 0 Å². The van der Waals surface area contributed by atoms with Crippen molar-refractivity contribution in [3.8, 4) is 0 Å². The molecule has 0 aliphatic carbocycles. The van der Waals surface area contributed by atoms with Gasteiger partial charge in [0.15, 0.2) is 0 Å². The van der Waals surface area contributed by atoms with E-state index in [1.54, 1.807) is 0 Å². The summed E-state index contributed by atoms with van der Waals surface area (Å²) in [5.41, 5.74) is 5.73. The molecule has 0 spiro atoms. The van der Waals surface area contributed by atoms with Crippen LogP contribution in [0, 0.1) is 0 Å². The Morgan fingerprint density at radius 1 is 1.27 bits per heavy atom. The van der Waals surface area contributed by atoms with Crippen LogP contribution >= 0.6 is 0 Å². The van der Waals surface area contributed by atoms with E-state index in [-0.39, 0.29) is 0 Å². The molecule has 2 saturated heterocycles. The first-order chi connectivity index (χ1) is 7.24. The summed E-state index contributed by atoms with van der Waals surface area (Å²) in [6.07, 6.45) is 7.36. The predicted octanol–water partition coefficient (Wildman–Crippen LogP) is 1.37. The third kappa shape index (κ3) is 3.44. The molecule has 2 fully saturated rings. The number of ether oxygens (including phenoxy) is 1. The summed E-state index contributed by atoms with van der Waals surface area (Å²) < 4.78 is 5.81. The number of nitrogens with two attached hydrogens (primary N) is 1. The second-order valence-electron chi connectivity index (χ2n) is 5.19. The monoisotopic (exact) mass is 212 g/mol. The molecular weight excluding hydrogens is 188 g/mol. The Morgan fingerprint density at radius 3 is 2.53 bits per heavy atom. The van der Waals surface area contributed by atoms with Gasteiger partial charge < -0.3 is 10.5 Å². The highest BCUT2D eigenvalue weighted by atomic mass is 16.5. The second kappa shape index (κ2) is 5.28. The van der Waals surface area contributed by atoms with E-state index in [0.29, 0.717) is 18.2 Å². The summed E-state index contributed by atoms with van der Waals surface area (Å²) in [7, 11) is 0. The Labute approximate surface area is 93.0 Å². The number of unbranched alkanes of at least 4 members (excludes halogenated alkanes) is 1. The van der Waals surface area contributed by atoms with Gasteiger partial charge in [-0.25, -0.2) is 0 Å². The van der Waals surface area contributed by atoms with E-state index in [1.165, 1.54) is 32.2 Å². The average molecular weight is 212 g/mol. The Kier molecular flexibility index (Phi) is 4.00. The molecule has 88 valence electrons. The topological polar surface area (TPSA) is 38.5 Å². The quantitative estimate of drug-likeness (QED) is 0.699. The second-order valence-corrected chi connectivity index (χ2v) is 5.19. The third-order valence-corrected chi connectivity index (χ3v) is 3.50. The first-order valence-electron chi connectivity index (χ1n) is 6.37. The molecule has 0 amide bonds. The van der Waals surface area contributed by atoms with Crippen molar-refractivity contribution in [3.63, 3.8) is 0 Å². The highest BCUT2D eigenvalue weighted by Gasteiger charge is 2.32. The van der Waals surface area contributed by atoms with Gasteiger partial charge >= 0.3 is 0 Å². The minimum atomic E-state index is 0.367. The fourth-order valence-electron chi connectivity index (χ4n) is 2.68. The highest BCUT2D eigenvalue weighted by molar-refractivity contribution is 4.84. The summed E-state index contributed by atoms with van der Waals surface area (Å²) >= 11 is 0. The summed E-state index contributed by atoms with van der Waals surface area (Å²) in [5, 5.41) is 0. The zero-order valence-electron chi connectivity index (χ0n) is 9.82. The minimum absolute atomic E-state index is 0.367. The lowest BCUT2D eigenvalue weighted by atomic mass is 10.1. The van der Waals surface area contributed by atoms with Crippen LogP contribution in [-0.2, 0) is 4.74 Å². The van der Waals surface area contributed by atoms with E-state index >= 15 is 0 Å². The molecule has 2 aliphatic rings. The standard InChI is InChI=1S/C12H24N2O/c1-10(13)4-2-3-7-14-8-11-5-6-12(9-14)15-11/h10-12H,2-9,13H2,1H3. The van der Waals surface area contributed by atoms with Gasteiger partial charge in [0.25, 0.3) is 0 Å². The van der Waals surface area contributed by atoms with E-state index in [0.717, 1.165) is 19.5 Å². The number of hydrogen-bond donors (Lipinski definition) is 1. The molecule has 3 heteroatoms. The van der Waals surface area contributed by atoms with Crippen molar-refractivity contribution in [1.29, 1.82) is 0 Å². The van der Waals surface area contributed by atoms with Crippen LogP contribution in [0.2, 0.25) is 0 Å². The van der Waals surface area contributed by atoms with Gasteiger partial charge in [0, 0.05) is 19.1 Å². The van der Waals surface area contributed by atoms with E-state index in [1.807, 2.05) is 0 Å². The molecule has 3 nitrogen and oxygen atoms in total. The molecule has 0 aromatic heterocycles. The average Bonchev–Trinajstić information content (AvgIpc) is 2.53. The minimum Gasteiger partial charge on any atom is -0.372 e. The third-order valence-electron chi connectivity index (χ3n) is 3.50. The number of morpholine rings is 1. The van der Waals surface area contributed by atoms with Crippen molar-refractivity contribution in [3.05, 3.63) is 0 Å². The van der Waals surface area contributed by atoms with Crippen molar-refractivity contribution in [2.24, 2.45) is 5.73 Å². The normalized spacial score (nSPS) is 33.2. The van der Waals surface area contributed by atoms with Crippen LogP contribution in [0.3, 0.4) is 0 Å². The molecule has 3 unspecified atom stereocenters. The van der Waals surface area contributed by atoms with Gasteiger partial charge in [0.2, 0.25) is 0 Å². The van der Waals surface area contributed by atoms with Crippen LogP contribution in [0.1, 0.15) is 39.0 Å². The molecule has 2 heterocycles. The van der Waals surface area contributed by atoms with Crippen LogP contribution in [0.15, 0.2) is 0 Å². The fourth-order valence-corrected chi connectivity index (χ4v) is 2.68. The number of hydrogen-bond acceptors (Lipinski definition) is 3. The van der Waals surface area contributed by atoms with Crippen LogP contribution in [0.4, 0.5) is 0 Å². The molecule has 3 atom stereocenters. The Hall–Kier alpha value is -0.120. The van der Waals surface area contributed by atoms with Crippen molar-refractivity contribution in [2.75, 3.05) is 19.6 Å². The molecule has 0 saturated carbocycles. The van der Waals surface area contributed by atoms with Gasteiger partial charge in [0.05, 0.1) is 12.2 Å². The fraction of sp³-hybridized carbons (Fsp3) is 1.00. The lowest BCUT2D eigenvalue weighted by Crippen LogP contribution is -2.42. The summed E-state index contributed by atoms with van der Waals surface area (Å²) in [6, 6.07) is 0.367. The van der Waals surface area contributed by atoms with Crippen LogP contribution in [0.25, 0.3) is 0 Å². The zero-order valence-corrected chi connectivity index (χ0v) is 9.82. The molecular formula is C12H24N2O. The summed E-state index contributed by atoms with van der Waals surface area (Å²) in [5.74, 6) is 0. The molecule has 0 radical (unpaired) electrons. The van der Waals surface area contributed by atoms with Gasteiger partial charge in [-0.15, -0.1) is 0 Å². The maximum absolute atomic E-state index is 5.81. The lowest BCUT2D eigenvalue weighted by Gasteiger charge is -2.32. The van der Waals surface area contributed by atoms with Crippen molar-refractivity contribution in [2.45, 2.75) is 57.3 Å². The van der Waals surface area contributed by atoms with E-state index < -0.39 is 0 Å². The number of nitrogens with zero attached hydrogens (tertiary/aromatic N) is 1. The summed E-state index contributed by atoms with van der Waals surface area (Å²) in [6.45, 7) is 5.65. The maximum Gasteiger partial charge on any atom is 0.0707 e. The largest absolute Gasteiger partial charge is 0.372 e. The zero-order chi connectivity index (χ0) is 10.7. The SMILES string of the molecule is CC(N)CCCCN1CC2CCC(C1)O2. The Balaban J connectivity index is 1.59. The Morgan fingerprint density at radius 2 is 1.93 bits per heavy atom. The van der Waals surface area contributed by atoms with Gasteiger partial charge in [-0.1, -0.05) is 6.42 Å². The van der Waals surface area contributed by atoms with Crippen LogP contribution in [0.5, 0.6) is 0 Å². The van der Waals surface area contributed by atoms with Gasteiger partial charge in [0.1, 0.15) is 0 Å². The predicted molar refractivity (Wildman–Crippen MR) is 61.8 cm³/mol. The number of likely N-dealkylation sites (tertiary alicyclic amines) is 1. The van der Waals surface area contributed by atoms with Gasteiger partial charge in [-0.3, -0.25) is 4.90 Å². The molecule has 2 N–H and O–H groups in total.